The number of rotatable bonds is 9. The van der Waals surface area contributed by atoms with Crippen LogP contribution < -0.4 is 10.6 Å². The molecule has 10 heteroatoms. The van der Waals surface area contributed by atoms with Crippen LogP contribution in [0.2, 0.25) is 0 Å². The van der Waals surface area contributed by atoms with Gasteiger partial charge in [0.05, 0.1) is 12.3 Å². The fourth-order valence-electron chi connectivity index (χ4n) is 2.19. The number of hydrogen-bond acceptors (Lipinski definition) is 7. The molecule has 0 fully saturated rings. The van der Waals surface area contributed by atoms with Crippen molar-refractivity contribution < 1.29 is 12.8 Å². The Hall–Kier alpha value is -1.52. The summed E-state index contributed by atoms with van der Waals surface area (Å²) in [5, 5.41) is 5.93. The maximum Gasteiger partial charge on any atom is 0.367 e. The van der Waals surface area contributed by atoms with Crippen LogP contribution in [0.4, 0.5) is 0 Å². The Morgan fingerprint density at radius 2 is 1.84 bits per heavy atom. The van der Waals surface area contributed by atoms with E-state index in [2.05, 4.69) is 24.3 Å². The van der Waals surface area contributed by atoms with Gasteiger partial charge in [0, 0.05) is 13.1 Å². The molecule has 0 saturated carbocycles. The molecule has 8 nitrogen and oxygen atoms in total. The van der Waals surface area contributed by atoms with Gasteiger partial charge in [-0.3, -0.25) is 0 Å². The Bertz CT molecular complexity index is 725. The van der Waals surface area contributed by atoms with E-state index in [0.29, 0.717) is 24.8 Å². The minimum atomic E-state index is -3.73. The van der Waals surface area contributed by atoms with Crippen LogP contribution in [0.3, 0.4) is 0 Å². The molecule has 0 amide bonds. The van der Waals surface area contributed by atoms with E-state index in [1.165, 1.54) is 0 Å². The molecule has 2 N–H and O–H groups in total. The van der Waals surface area contributed by atoms with Crippen molar-refractivity contribution in [3.8, 4) is 0 Å². The second-order valence-corrected chi connectivity index (χ2v) is 8.16. The fraction of sp³-hybridized carbons (Fsp3) is 0.600. The van der Waals surface area contributed by atoms with Crippen molar-refractivity contribution in [2.45, 2.75) is 25.6 Å². The van der Waals surface area contributed by atoms with Crippen molar-refractivity contribution in [2.75, 3.05) is 32.9 Å². The number of hydrogen-bond donors (Lipinski definition) is 2. The van der Waals surface area contributed by atoms with E-state index in [1.807, 2.05) is 33.2 Å². The largest absolute Gasteiger partial charge is 0.464 e. The van der Waals surface area contributed by atoms with Crippen LogP contribution in [-0.4, -0.2) is 57.9 Å². The molecule has 0 unspecified atom stereocenters. The van der Waals surface area contributed by atoms with Crippen molar-refractivity contribution >= 4 is 33.6 Å². The maximum absolute atomic E-state index is 11.4. The Morgan fingerprint density at radius 1 is 1.16 bits per heavy atom. The topological polar surface area (TPSA) is 99.3 Å². The Labute approximate surface area is 153 Å². The molecule has 2 rings (SSSR count). The van der Waals surface area contributed by atoms with Gasteiger partial charge in [-0.2, -0.15) is 20.2 Å². The highest BCUT2D eigenvalue weighted by atomic mass is 32.2. The lowest BCUT2D eigenvalue weighted by Gasteiger charge is -2.08. The monoisotopic (exact) mass is 387 g/mol. The predicted molar refractivity (Wildman–Crippen MR) is 102 cm³/mol. The molecule has 0 radical (unpaired) electrons. The zero-order valence-electron chi connectivity index (χ0n) is 14.8. The van der Waals surface area contributed by atoms with Gasteiger partial charge < -0.3 is 20.0 Å². The van der Waals surface area contributed by atoms with E-state index in [9.17, 15) is 8.42 Å². The van der Waals surface area contributed by atoms with Gasteiger partial charge >= 0.3 is 10.2 Å². The zero-order chi connectivity index (χ0) is 18.3. The second kappa shape index (κ2) is 9.25. The summed E-state index contributed by atoms with van der Waals surface area (Å²) in [6.45, 7) is 3.90. The van der Waals surface area contributed by atoms with Crippen LogP contribution in [0.25, 0.3) is 0 Å². The van der Waals surface area contributed by atoms with Gasteiger partial charge in [-0.25, -0.2) is 0 Å². The highest BCUT2D eigenvalue weighted by Gasteiger charge is 2.23. The standard InChI is InChI=1S/C15H25N5O3S2/c1-4-16-14-15(19-25(21,22)18-14)17-8-5-9-24-11-13-7-6-12(23-13)10-20(2)3/h6-7H,4-5,8-11H2,1-3H3,(H,16,18)(H,17,19). The zero-order valence-corrected chi connectivity index (χ0v) is 16.4. The van der Waals surface area contributed by atoms with E-state index in [-0.39, 0.29) is 0 Å². The highest BCUT2D eigenvalue weighted by Crippen LogP contribution is 2.16. The quantitative estimate of drug-likeness (QED) is 0.615. The molecule has 1 aliphatic heterocycles. The molecule has 1 aromatic heterocycles. The first-order valence-electron chi connectivity index (χ1n) is 8.12. The first kappa shape index (κ1) is 19.8. The summed E-state index contributed by atoms with van der Waals surface area (Å²) >= 11 is 1.78. The number of amidine groups is 2. The molecular formula is C15H25N5O3S2. The minimum Gasteiger partial charge on any atom is -0.464 e. The number of likely N-dealkylation sites (N-methyl/N-ethyl adjacent to an activating group) is 1. The molecule has 2 heterocycles. The fourth-order valence-corrected chi connectivity index (χ4v) is 3.84. The predicted octanol–water partition coefficient (Wildman–Crippen LogP) is 1.22. The van der Waals surface area contributed by atoms with Gasteiger partial charge in [0.25, 0.3) is 0 Å². The Kier molecular flexibility index (Phi) is 7.33. The van der Waals surface area contributed by atoms with Crippen LogP contribution in [0, 0.1) is 0 Å². The molecule has 0 aliphatic carbocycles. The number of furan rings is 1. The lowest BCUT2D eigenvalue weighted by atomic mass is 10.4. The third kappa shape index (κ3) is 6.71. The van der Waals surface area contributed by atoms with E-state index in [0.717, 1.165) is 36.0 Å². The Morgan fingerprint density at radius 3 is 2.52 bits per heavy atom. The van der Waals surface area contributed by atoms with Crippen molar-refractivity contribution in [3.63, 3.8) is 0 Å². The van der Waals surface area contributed by atoms with Gasteiger partial charge in [0.15, 0.2) is 11.7 Å². The average molecular weight is 388 g/mol. The van der Waals surface area contributed by atoms with E-state index >= 15 is 0 Å². The molecule has 1 aliphatic rings. The van der Waals surface area contributed by atoms with Crippen molar-refractivity contribution in [1.82, 2.24) is 15.5 Å². The number of nitrogens with zero attached hydrogens (tertiary/aromatic N) is 3. The van der Waals surface area contributed by atoms with E-state index < -0.39 is 10.2 Å². The summed E-state index contributed by atoms with van der Waals surface area (Å²) in [5.74, 6) is 4.29. The van der Waals surface area contributed by atoms with Crippen molar-refractivity contribution in [3.05, 3.63) is 23.7 Å². The molecular weight excluding hydrogens is 362 g/mol. The number of nitrogens with one attached hydrogen (secondary N) is 2. The van der Waals surface area contributed by atoms with Gasteiger partial charge in [0.1, 0.15) is 11.5 Å². The lowest BCUT2D eigenvalue weighted by molar-refractivity contribution is 0.344. The van der Waals surface area contributed by atoms with Gasteiger partial charge in [-0.1, -0.05) is 0 Å². The van der Waals surface area contributed by atoms with E-state index in [4.69, 9.17) is 4.42 Å². The van der Waals surface area contributed by atoms with E-state index in [1.54, 1.807) is 11.8 Å². The summed E-state index contributed by atoms with van der Waals surface area (Å²) in [6.07, 6.45) is 0.883. The highest BCUT2D eigenvalue weighted by molar-refractivity contribution is 7.98. The lowest BCUT2D eigenvalue weighted by Crippen LogP contribution is -2.38. The molecule has 0 bridgehead atoms. The number of thioether (sulfide) groups is 1. The molecule has 0 spiro atoms. The molecule has 140 valence electrons. The minimum absolute atomic E-state index is 0.291. The first-order valence-corrected chi connectivity index (χ1v) is 10.7. The summed E-state index contributed by atoms with van der Waals surface area (Å²) in [6, 6.07) is 4.03. The molecule has 0 atom stereocenters. The third-order valence-corrected chi connectivity index (χ3v) is 5.07. The normalized spacial score (nSPS) is 16.0. The Balaban J connectivity index is 1.65. The van der Waals surface area contributed by atoms with Gasteiger partial charge in [-0.05, 0) is 45.3 Å². The third-order valence-electron chi connectivity index (χ3n) is 3.17. The summed E-state index contributed by atoms with van der Waals surface area (Å²) in [5.41, 5.74) is 0. The maximum atomic E-state index is 11.4. The van der Waals surface area contributed by atoms with Crippen molar-refractivity contribution in [1.29, 1.82) is 0 Å². The van der Waals surface area contributed by atoms with Gasteiger partial charge in [0.2, 0.25) is 0 Å². The second-order valence-electron chi connectivity index (χ2n) is 5.80. The summed E-state index contributed by atoms with van der Waals surface area (Å²) in [4.78, 5) is 2.07. The molecule has 1 aromatic rings. The van der Waals surface area contributed by atoms with Crippen LogP contribution in [0.1, 0.15) is 24.9 Å². The smallest absolute Gasteiger partial charge is 0.367 e. The first-order chi connectivity index (χ1) is 11.9. The molecule has 0 aromatic carbocycles. The average Bonchev–Trinajstić information content (AvgIpc) is 3.06. The van der Waals surface area contributed by atoms with Crippen LogP contribution >= 0.6 is 11.8 Å². The summed E-state index contributed by atoms with van der Waals surface area (Å²) < 4.78 is 35.7. The molecule has 25 heavy (non-hydrogen) atoms. The SMILES string of the molecule is CCNC1=NS(=O)(=O)N=C1NCCCSCc1ccc(CN(C)C)o1. The van der Waals surface area contributed by atoms with Crippen molar-refractivity contribution in [2.24, 2.45) is 8.80 Å². The summed E-state index contributed by atoms with van der Waals surface area (Å²) in [7, 11) is 0.293. The van der Waals surface area contributed by atoms with Gasteiger partial charge in [-0.15, -0.1) is 8.80 Å². The van der Waals surface area contributed by atoms with Crippen LogP contribution in [-0.2, 0) is 22.5 Å². The molecule has 0 saturated heterocycles. The van der Waals surface area contributed by atoms with Crippen LogP contribution in [0.15, 0.2) is 25.3 Å². The van der Waals surface area contributed by atoms with Crippen LogP contribution in [0.5, 0.6) is 0 Å².